The zero-order valence-electron chi connectivity index (χ0n) is 13.7. The summed E-state index contributed by atoms with van der Waals surface area (Å²) in [5, 5.41) is 2.43. The standard InChI is InChI=1S/C17H24F3NO/c1-10(2)13-6-14(11(3)4)8-15(7-13)16(21-12(5)22)9-17(18,19)20/h6-8,10-11,16H,9H2,1-5H3,(H,21,22). The molecule has 0 fully saturated rings. The van der Waals surface area contributed by atoms with E-state index in [9.17, 15) is 18.0 Å². The zero-order chi connectivity index (χ0) is 17.1. The van der Waals surface area contributed by atoms with E-state index in [-0.39, 0.29) is 11.8 Å². The van der Waals surface area contributed by atoms with Crippen molar-refractivity contribution >= 4 is 5.91 Å². The Morgan fingerprint density at radius 3 is 1.73 bits per heavy atom. The van der Waals surface area contributed by atoms with Gasteiger partial charge in [0.25, 0.3) is 0 Å². The molecule has 0 aliphatic carbocycles. The molecule has 1 unspecified atom stereocenters. The smallest absolute Gasteiger partial charge is 0.349 e. The van der Waals surface area contributed by atoms with Crippen molar-refractivity contribution in [1.29, 1.82) is 0 Å². The van der Waals surface area contributed by atoms with Crippen LogP contribution in [0.15, 0.2) is 18.2 Å². The van der Waals surface area contributed by atoms with Crippen LogP contribution in [0.3, 0.4) is 0 Å². The minimum absolute atomic E-state index is 0.210. The van der Waals surface area contributed by atoms with Crippen LogP contribution >= 0.6 is 0 Å². The number of alkyl halides is 3. The molecule has 0 aliphatic heterocycles. The summed E-state index contributed by atoms with van der Waals surface area (Å²) in [6.45, 7) is 9.24. The second kappa shape index (κ2) is 7.16. The van der Waals surface area contributed by atoms with Crippen LogP contribution in [0.5, 0.6) is 0 Å². The Bertz CT molecular complexity index is 495. The Morgan fingerprint density at radius 2 is 1.41 bits per heavy atom. The third-order valence-corrected chi connectivity index (χ3v) is 3.55. The van der Waals surface area contributed by atoms with Gasteiger partial charge in [-0.2, -0.15) is 13.2 Å². The fraction of sp³-hybridized carbons (Fsp3) is 0.588. The lowest BCUT2D eigenvalue weighted by atomic mass is 9.90. The van der Waals surface area contributed by atoms with Gasteiger partial charge < -0.3 is 5.32 Å². The number of benzene rings is 1. The summed E-state index contributed by atoms with van der Waals surface area (Å²) in [6, 6.07) is 4.51. The molecule has 1 rings (SSSR count). The highest BCUT2D eigenvalue weighted by Gasteiger charge is 2.33. The molecule has 1 N–H and O–H groups in total. The fourth-order valence-corrected chi connectivity index (χ4v) is 2.30. The van der Waals surface area contributed by atoms with Crippen LogP contribution in [-0.2, 0) is 4.79 Å². The number of carbonyl (C=O) groups is 1. The van der Waals surface area contributed by atoms with Gasteiger partial charge in [-0.05, 0) is 28.5 Å². The highest BCUT2D eigenvalue weighted by molar-refractivity contribution is 5.73. The van der Waals surface area contributed by atoms with Gasteiger partial charge in [-0.15, -0.1) is 0 Å². The lowest BCUT2D eigenvalue weighted by Gasteiger charge is -2.23. The van der Waals surface area contributed by atoms with Crippen molar-refractivity contribution in [2.45, 2.75) is 65.1 Å². The maximum atomic E-state index is 12.8. The monoisotopic (exact) mass is 315 g/mol. The van der Waals surface area contributed by atoms with Crippen molar-refractivity contribution in [2.24, 2.45) is 0 Å². The van der Waals surface area contributed by atoms with E-state index in [4.69, 9.17) is 0 Å². The van der Waals surface area contributed by atoms with E-state index in [1.165, 1.54) is 6.92 Å². The van der Waals surface area contributed by atoms with Gasteiger partial charge in [-0.25, -0.2) is 0 Å². The van der Waals surface area contributed by atoms with Crippen molar-refractivity contribution < 1.29 is 18.0 Å². The Hall–Kier alpha value is -1.52. The molecule has 5 heteroatoms. The molecule has 1 aromatic rings. The zero-order valence-corrected chi connectivity index (χ0v) is 13.7. The average Bonchev–Trinajstić information content (AvgIpc) is 2.35. The number of halogens is 3. The Labute approximate surface area is 130 Å². The molecule has 1 amide bonds. The lowest BCUT2D eigenvalue weighted by Crippen LogP contribution is -2.30. The summed E-state index contributed by atoms with van der Waals surface area (Å²) in [6.07, 6.45) is -5.40. The van der Waals surface area contributed by atoms with Crippen molar-refractivity contribution in [3.05, 3.63) is 34.9 Å². The molecule has 22 heavy (non-hydrogen) atoms. The van der Waals surface area contributed by atoms with Crippen LogP contribution in [0, 0.1) is 0 Å². The number of rotatable bonds is 5. The predicted molar refractivity (Wildman–Crippen MR) is 81.8 cm³/mol. The molecule has 0 aromatic heterocycles. The molecule has 1 atom stereocenters. The number of hydrogen-bond donors (Lipinski definition) is 1. The number of carbonyl (C=O) groups excluding carboxylic acids is 1. The summed E-state index contributed by atoms with van der Waals surface area (Å²) in [7, 11) is 0. The van der Waals surface area contributed by atoms with Gasteiger partial charge >= 0.3 is 6.18 Å². The van der Waals surface area contributed by atoms with E-state index in [0.29, 0.717) is 5.56 Å². The van der Waals surface area contributed by atoms with Gasteiger partial charge in [0, 0.05) is 6.92 Å². The van der Waals surface area contributed by atoms with Gasteiger partial charge in [0.05, 0.1) is 12.5 Å². The van der Waals surface area contributed by atoms with Crippen LogP contribution < -0.4 is 5.32 Å². The minimum Gasteiger partial charge on any atom is -0.349 e. The summed E-state index contributed by atoms with van der Waals surface area (Å²) in [5.74, 6) is -0.0436. The van der Waals surface area contributed by atoms with E-state index >= 15 is 0 Å². The normalized spacial score (nSPS) is 13.5. The Kier molecular flexibility index (Phi) is 6.03. The number of hydrogen-bond acceptors (Lipinski definition) is 1. The van der Waals surface area contributed by atoms with Crippen molar-refractivity contribution in [3.8, 4) is 0 Å². The van der Waals surface area contributed by atoms with Crippen LogP contribution in [0.2, 0.25) is 0 Å². The number of nitrogens with one attached hydrogen (secondary N) is 1. The fourth-order valence-electron chi connectivity index (χ4n) is 2.30. The Morgan fingerprint density at radius 1 is 1.00 bits per heavy atom. The number of amides is 1. The van der Waals surface area contributed by atoms with Crippen LogP contribution in [0.4, 0.5) is 13.2 Å². The maximum absolute atomic E-state index is 12.8. The predicted octanol–water partition coefficient (Wildman–Crippen LogP) is 5.06. The van der Waals surface area contributed by atoms with Gasteiger partial charge in [-0.1, -0.05) is 45.9 Å². The molecular weight excluding hydrogens is 291 g/mol. The van der Waals surface area contributed by atoms with Crippen LogP contribution in [0.25, 0.3) is 0 Å². The molecule has 2 nitrogen and oxygen atoms in total. The first kappa shape index (κ1) is 18.5. The van der Waals surface area contributed by atoms with Crippen molar-refractivity contribution in [2.75, 3.05) is 0 Å². The highest BCUT2D eigenvalue weighted by Crippen LogP contribution is 2.33. The second-order valence-electron chi connectivity index (χ2n) is 6.31. The first-order valence-corrected chi connectivity index (χ1v) is 7.48. The third kappa shape index (κ3) is 5.70. The topological polar surface area (TPSA) is 29.1 Å². The molecule has 124 valence electrons. The quantitative estimate of drug-likeness (QED) is 0.808. The van der Waals surface area contributed by atoms with Crippen molar-refractivity contribution in [1.82, 2.24) is 5.32 Å². The van der Waals surface area contributed by atoms with E-state index in [1.54, 1.807) is 12.1 Å². The Balaban J connectivity index is 3.29. The SMILES string of the molecule is CC(=O)NC(CC(F)(F)F)c1cc(C(C)C)cc(C(C)C)c1. The van der Waals surface area contributed by atoms with E-state index in [0.717, 1.165) is 11.1 Å². The molecule has 0 bridgehead atoms. The van der Waals surface area contributed by atoms with Gasteiger partial charge in [0.1, 0.15) is 0 Å². The molecule has 0 spiro atoms. The minimum atomic E-state index is -4.33. The highest BCUT2D eigenvalue weighted by atomic mass is 19.4. The first-order valence-electron chi connectivity index (χ1n) is 7.48. The maximum Gasteiger partial charge on any atom is 0.391 e. The summed E-state index contributed by atoms with van der Waals surface area (Å²) in [4.78, 5) is 11.3. The lowest BCUT2D eigenvalue weighted by molar-refractivity contribution is -0.142. The average molecular weight is 315 g/mol. The van der Waals surface area contributed by atoms with Gasteiger partial charge in [0.2, 0.25) is 5.91 Å². The van der Waals surface area contributed by atoms with Gasteiger partial charge in [0.15, 0.2) is 0 Å². The first-order chi connectivity index (χ1) is 9.99. The molecule has 0 saturated heterocycles. The van der Waals surface area contributed by atoms with E-state index < -0.39 is 24.5 Å². The molecular formula is C17H24F3NO. The molecule has 0 radical (unpaired) electrons. The summed E-state index contributed by atoms with van der Waals surface area (Å²) < 4.78 is 38.4. The molecule has 0 saturated carbocycles. The largest absolute Gasteiger partial charge is 0.391 e. The van der Waals surface area contributed by atoms with E-state index in [2.05, 4.69) is 5.32 Å². The van der Waals surface area contributed by atoms with Crippen LogP contribution in [-0.4, -0.2) is 12.1 Å². The third-order valence-electron chi connectivity index (χ3n) is 3.55. The van der Waals surface area contributed by atoms with Gasteiger partial charge in [-0.3, -0.25) is 4.79 Å². The molecule has 0 aliphatic rings. The van der Waals surface area contributed by atoms with Crippen LogP contribution in [0.1, 0.15) is 75.6 Å². The summed E-state index contributed by atoms with van der Waals surface area (Å²) >= 11 is 0. The second-order valence-corrected chi connectivity index (χ2v) is 6.31. The molecule has 0 heterocycles. The molecule has 1 aromatic carbocycles. The van der Waals surface area contributed by atoms with E-state index in [1.807, 2.05) is 33.8 Å². The summed E-state index contributed by atoms with van der Waals surface area (Å²) in [5.41, 5.74) is 2.49. The van der Waals surface area contributed by atoms with Crippen molar-refractivity contribution in [3.63, 3.8) is 0 Å².